The fourth-order valence-electron chi connectivity index (χ4n) is 2.54. The molecule has 4 heteroatoms. The van der Waals surface area contributed by atoms with Crippen molar-refractivity contribution in [2.24, 2.45) is 0 Å². The first kappa shape index (κ1) is 12.3. The summed E-state index contributed by atoms with van der Waals surface area (Å²) in [5.74, 6) is 0. The highest BCUT2D eigenvalue weighted by Crippen LogP contribution is 2.31. The number of nitrogens with zero attached hydrogens (tertiary/aromatic N) is 2. The summed E-state index contributed by atoms with van der Waals surface area (Å²) in [6.45, 7) is 2.10. The number of hydrogen-bond acceptors (Lipinski definition) is 3. The summed E-state index contributed by atoms with van der Waals surface area (Å²) in [6.07, 6.45) is 1.75. The van der Waals surface area contributed by atoms with Gasteiger partial charge >= 0.3 is 0 Å². The van der Waals surface area contributed by atoms with Gasteiger partial charge < -0.3 is 4.98 Å². The Labute approximate surface area is 126 Å². The van der Waals surface area contributed by atoms with E-state index in [0.717, 1.165) is 28.0 Å². The SMILES string of the molecule is Cc1cccc(-c2nc[nH]c2-c2ccc3ncsc3c2)c1. The molecule has 3 nitrogen and oxygen atoms in total. The minimum absolute atomic E-state index is 0.988. The van der Waals surface area contributed by atoms with Crippen molar-refractivity contribution < 1.29 is 0 Å². The van der Waals surface area contributed by atoms with E-state index in [2.05, 4.69) is 64.3 Å². The molecule has 2 aromatic heterocycles. The Morgan fingerprint density at radius 2 is 1.95 bits per heavy atom. The molecule has 1 N–H and O–H groups in total. The Kier molecular flexibility index (Phi) is 2.82. The Bertz CT molecular complexity index is 920. The fourth-order valence-corrected chi connectivity index (χ4v) is 3.25. The Morgan fingerprint density at radius 1 is 1.00 bits per heavy atom. The van der Waals surface area contributed by atoms with Crippen LogP contribution in [0.4, 0.5) is 0 Å². The van der Waals surface area contributed by atoms with Gasteiger partial charge in [0.15, 0.2) is 0 Å². The number of aromatic amines is 1. The van der Waals surface area contributed by atoms with Gasteiger partial charge in [0.2, 0.25) is 0 Å². The van der Waals surface area contributed by atoms with Crippen LogP contribution in [-0.2, 0) is 0 Å². The van der Waals surface area contributed by atoms with Gasteiger partial charge in [-0.3, -0.25) is 0 Å². The molecular weight excluding hydrogens is 278 g/mol. The smallest absolute Gasteiger partial charge is 0.0961 e. The molecule has 0 saturated carbocycles. The van der Waals surface area contributed by atoms with Gasteiger partial charge in [0.25, 0.3) is 0 Å². The average molecular weight is 291 g/mol. The molecule has 0 aliphatic rings. The Hall–Kier alpha value is -2.46. The number of rotatable bonds is 2. The van der Waals surface area contributed by atoms with E-state index in [1.807, 2.05) is 5.51 Å². The number of aromatic nitrogens is 3. The van der Waals surface area contributed by atoms with Crippen LogP contribution in [0.5, 0.6) is 0 Å². The highest BCUT2D eigenvalue weighted by molar-refractivity contribution is 7.16. The zero-order valence-corrected chi connectivity index (χ0v) is 12.3. The number of H-pyrrole nitrogens is 1. The third-order valence-electron chi connectivity index (χ3n) is 3.55. The van der Waals surface area contributed by atoms with Gasteiger partial charge in [-0.05, 0) is 25.1 Å². The molecule has 0 spiro atoms. The molecule has 2 heterocycles. The normalized spacial score (nSPS) is 11.1. The van der Waals surface area contributed by atoms with E-state index in [-0.39, 0.29) is 0 Å². The van der Waals surface area contributed by atoms with E-state index in [1.165, 1.54) is 10.3 Å². The van der Waals surface area contributed by atoms with Crippen molar-refractivity contribution in [2.75, 3.05) is 0 Å². The largest absolute Gasteiger partial charge is 0.344 e. The van der Waals surface area contributed by atoms with E-state index < -0.39 is 0 Å². The molecule has 0 bridgehead atoms. The van der Waals surface area contributed by atoms with Crippen LogP contribution in [0.3, 0.4) is 0 Å². The molecule has 102 valence electrons. The Morgan fingerprint density at radius 3 is 2.86 bits per heavy atom. The molecule has 4 aromatic rings. The third kappa shape index (κ3) is 2.14. The van der Waals surface area contributed by atoms with Gasteiger partial charge in [-0.25, -0.2) is 9.97 Å². The molecule has 21 heavy (non-hydrogen) atoms. The average Bonchev–Trinajstić information content (AvgIpc) is 3.15. The first-order valence-corrected chi connectivity index (χ1v) is 7.63. The molecule has 0 fully saturated rings. The van der Waals surface area contributed by atoms with Crippen LogP contribution in [0.25, 0.3) is 32.7 Å². The number of hydrogen-bond donors (Lipinski definition) is 1. The molecule has 0 amide bonds. The van der Waals surface area contributed by atoms with Crippen molar-refractivity contribution >= 4 is 21.6 Å². The van der Waals surface area contributed by atoms with Crippen LogP contribution >= 0.6 is 11.3 Å². The molecule has 0 saturated heterocycles. The van der Waals surface area contributed by atoms with Gasteiger partial charge in [0.1, 0.15) is 0 Å². The van der Waals surface area contributed by atoms with Crippen LogP contribution in [0.2, 0.25) is 0 Å². The minimum atomic E-state index is 0.988. The Balaban J connectivity index is 1.88. The summed E-state index contributed by atoms with van der Waals surface area (Å²) in [5, 5.41) is 0. The number of aryl methyl sites for hydroxylation is 1. The molecule has 0 unspecified atom stereocenters. The zero-order valence-electron chi connectivity index (χ0n) is 11.5. The van der Waals surface area contributed by atoms with Gasteiger partial charge in [-0.2, -0.15) is 0 Å². The van der Waals surface area contributed by atoms with E-state index in [4.69, 9.17) is 0 Å². The van der Waals surface area contributed by atoms with Gasteiger partial charge in [-0.1, -0.05) is 29.8 Å². The summed E-state index contributed by atoms with van der Waals surface area (Å²) in [6, 6.07) is 14.7. The fraction of sp³-hybridized carbons (Fsp3) is 0.0588. The van der Waals surface area contributed by atoms with E-state index in [0.29, 0.717) is 0 Å². The highest BCUT2D eigenvalue weighted by atomic mass is 32.1. The first-order valence-electron chi connectivity index (χ1n) is 6.75. The number of benzene rings is 2. The van der Waals surface area contributed by atoms with Crippen LogP contribution in [0, 0.1) is 6.92 Å². The van der Waals surface area contributed by atoms with E-state index in [9.17, 15) is 0 Å². The van der Waals surface area contributed by atoms with Crippen LogP contribution < -0.4 is 0 Å². The number of fused-ring (bicyclic) bond motifs is 1. The van der Waals surface area contributed by atoms with Crippen molar-refractivity contribution in [3.05, 3.63) is 59.9 Å². The zero-order chi connectivity index (χ0) is 14.2. The molecule has 0 aliphatic heterocycles. The topological polar surface area (TPSA) is 41.6 Å². The van der Waals surface area contributed by atoms with Crippen molar-refractivity contribution in [2.45, 2.75) is 6.92 Å². The highest BCUT2D eigenvalue weighted by Gasteiger charge is 2.11. The first-order chi connectivity index (χ1) is 10.3. The summed E-state index contributed by atoms with van der Waals surface area (Å²) in [4.78, 5) is 12.1. The van der Waals surface area contributed by atoms with Crippen molar-refractivity contribution in [1.82, 2.24) is 15.0 Å². The lowest BCUT2D eigenvalue weighted by Gasteiger charge is -2.04. The van der Waals surface area contributed by atoms with E-state index in [1.54, 1.807) is 17.7 Å². The summed E-state index contributed by atoms with van der Waals surface area (Å²) in [5.41, 5.74) is 8.47. The van der Waals surface area contributed by atoms with Crippen LogP contribution in [-0.4, -0.2) is 15.0 Å². The second-order valence-corrected chi connectivity index (χ2v) is 5.92. The maximum atomic E-state index is 4.50. The second-order valence-electron chi connectivity index (χ2n) is 5.03. The van der Waals surface area contributed by atoms with Crippen molar-refractivity contribution in [3.63, 3.8) is 0 Å². The number of imidazole rings is 1. The van der Waals surface area contributed by atoms with Crippen molar-refractivity contribution in [3.8, 4) is 22.5 Å². The lowest BCUT2D eigenvalue weighted by molar-refractivity contribution is 1.31. The predicted octanol–water partition coefficient (Wildman–Crippen LogP) is 4.66. The lowest BCUT2D eigenvalue weighted by atomic mass is 10.0. The van der Waals surface area contributed by atoms with Gasteiger partial charge in [0.05, 0.1) is 33.4 Å². The molecule has 0 aliphatic carbocycles. The summed E-state index contributed by atoms with van der Waals surface area (Å²) < 4.78 is 1.19. The quantitative estimate of drug-likeness (QED) is 0.583. The third-order valence-corrected chi connectivity index (χ3v) is 4.34. The van der Waals surface area contributed by atoms with Crippen molar-refractivity contribution in [1.29, 1.82) is 0 Å². The van der Waals surface area contributed by atoms with Gasteiger partial charge in [0, 0.05) is 11.1 Å². The maximum Gasteiger partial charge on any atom is 0.0961 e. The number of nitrogens with one attached hydrogen (secondary N) is 1. The maximum absolute atomic E-state index is 4.50. The molecular formula is C17H13N3S. The van der Waals surface area contributed by atoms with E-state index >= 15 is 0 Å². The summed E-state index contributed by atoms with van der Waals surface area (Å²) in [7, 11) is 0. The standard InChI is InChI=1S/C17H13N3S/c1-11-3-2-4-12(7-11)16-17(19-9-18-16)13-5-6-14-15(8-13)21-10-20-14/h2-10H,1H3,(H,18,19). The molecule has 0 atom stereocenters. The molecule has 4 rings (SSSR count). The summed E-state index contributed by atoms with van der Waals surface area (Å²) >= 11 is 1.66. The van der Waals surface area contributed by atoms with Gasteiger partial charge in [-0.15, -0.1) is 11.3 Å². The molecule has 0 radical (unpaired) electrons. The molecule has 2 aromatic carbocycles. The second kappa shape index (κ2) is 4.82. The predicted molar refractivity (Wildman–Crippen MR) is 87.4 cm³/mol. The number of thiazole rings is 1. The van der Waals surface area contributed by atoms with Crippen LogP contribution in [0.1, 0.15) is 5.56 Å². The lowest BCUT2D eigenvalue weighted by Crippen LogP contribution is -1.85. The minimum Gasteiger partial charge on any atom is -0.344 e. The monoisotopic (exact) mass is 291 g/mol. The van der Waals surface area contributed by atoms with Crippen LogP contribution in [0.15, 0.2) is 54.3 Å².